The van der Waals surface area contributed by atoms with Gasteiger partial charge in [0.05, 0.1) is 0 Å². The molecule has 0 bridgehead atoms. The molecule has 2 heteroatoms. The third-order valence-electron chi connectivity index (χ3n) is 3.10. The van der Waals surface area contributed by atoms with Gasteiger partial charge in [-0.1, -0.05) is 24.3 Å². The van der Waals surface area contributed by atoms with Gasteiger partial charge in [0, 0.05) is 23.6 Å². The van der Waals surface area contributed by atoms with Gasteiger partial charge in [0.2, 0.25) is 0 Å². The summed E-state index contributed by atoms with van der Waals surface area (Å²) in [7, 11) is 0. The van der Waals surface area contributed by atoms with E-state index in [0.717, 1.165) is 32.4 Å². The zero-order chi connectivity index (χ0) is 12.1. The fraction of sp³-hybridized carbons (Fsp3) is 0.333. The largest absolute Gasteiger partial charge is 0.347 e. The fourth-order valence-electron chi connectivity index (χ4n) is 2.23. The molecule has 0 aliphatic heterocycles. The van der Waals surface area contributed by atoms with Gasteiger partial charge < -0.3 is 10.3 Å². The Labute approximate surface area is 103 Å². The quantitative estimate of drug-likeness (QED) is 0.757. The molecule has 2 nitrogen and oxygen atoms in total. The van der Waals surface area contributed by atoms with Crippen molar-refractivity contribution in [2.45, 2.75) is 25.8 Å². The molecule has 0 saturated heterocycles. The minimum absolute atomic E-state index is 0.756. The van der Waals surface area contributed by atoms with Gasteiger partial charge in [-0.05, 0) is 37.4 Å². The summed E-state index contributed by atoms with van der Waals surface area (Å²) in [6.45, 7) is 5.55. The van der Waals surface area contributed by atoms with E-state index in [-0.39, 0.29) is 0 Å². The summed E-state index contributed by atoms with van der Waals surface area (Å²) in [5.74, 6) is 0. The molecule has 0 radical (unpaired) electrons. The Hall–Kier alpha value is -1.54. The van der Waals surface area contributed by atoms with E-state index in [4.69, 9.17) is 5.73 Å². The lowest BCUT2D eigenvalue weighted by molar-refractivity contribution is 0.732. The molecular formula is C15H20N2. The molecule has 2 rings (SSSR count). The number of hydrogen-bond acceptors (Lipinski definition) is 1. The first kappa shape index (κ1) is 11.9. The van der Waals surface area contributed by atoms with Crippen LogP contribution in [-0.4, -0.2) is 11.1 Å². The van der Waals surface area contributed by atoms with Crippen molar-refractivity contribution in [2.75, 3.05) is 6.54 Å². The second-order valence-corrected chi connectivity index (χ2v) is 4.33. The Morgan fingerprint density at radius 2 is 2.12 bits per heavy atom. The maximum Gasteiger partial charge on any atom is 0.0483 e. The van der Waals surface area contributed by atoms with Crippen LogP contribution in [0.25, 0.3) is 10.9 Å². The molecule has 0 aliphatic carbocycles. The highest BCUT2D eigenvalue weighted by atomic mass is 15.0. The second-order valence-electron chi connectivity index (χ2n) is 4.33. The number of nitrogens with zero attached hydrogens (tertiary/aromatic N) is 1. The number of fused-ring (bicyclic) bond motifs is 1. The number of aromatic nitrogens is 1. The standard InChI is InChI=1S/C15H20N2/c1-2-3-11-17-12-13(7-6-10-16)14-8-4-5-9-15(14)17/h2,4-5,8-9,12H,1,3,6-7,10-11,16H2. The molecule has 1 heterocycles. The highest BCUT2D eigenvalue weighted by molar-refractivity contribution is 5.83. The van der Waals surface area contributed by atoms with Crippen LogP contribution in [0.15, 0.2) is 43.1 Å². The van der Waals surface area contributed by atoms with Crippen molar-refractivity contribution in [2.24, 2.45) is 5.73 Å². The number of aryl methyl sites for hydroxylation is 2. The normalized spacial score (nSPS) is 10.9. The van der Waals surface area contributed by atoms with Crippen molar-refractivity contribution in [1.82, 2.24) is 4.57 Å². The molecule has 0 unspecified atom stereocenters. The lowest BCUT2D eigenvalue weighted by Gasteiger charge is -2.01. The summed E-state index contributed by atoms with van der Waals surface area (Å²) < 4.78 is 2.32. The van der Waals surface area contributed by atoms with Gasteiger partial charge in [-0.15, -0.1) is 6.58 Å². The predicted octanol–water partition coefficient (Wildman–Crippen LogP) is 3.11. The lowest BCUT2D eigenvalue weighted by atomic mass is 10.1. The summed E-state index contributed by atoms with van der Waals surface area (Å²) in [6, 6.07) is 8.58. The first-order chi connectivity index (χ1) is 8.36. The lowest BCUT2D eigenvalue weighted by Crippen LogP contribution is -2.00. The van der Waals surface area contributed by atoms with E-state index in [0.29, 0.717) is 0 Å². The highest BCUT2D eigenvalue weighted by Gasteiger charge is 2.06. The summed E-state index contributed by atoms with van der Waals surface area (Å²) in [5.41, 5.74) is 8.32. The minimum atomic E-state index is 0.756. The van der Waals surface area contributed by atoms with E-state index >= 15 is 0 Å². The van der Waals surface area contributed by atoms with Crippen molar-refractivity contribution < 1.29 is 0 Å². The van der Waals surface area contributed by atoms with Gasteiger partial charge in [0.25, 0.3) is 0 Å². The van der Waals surface area contributed by atoms with E-state index in [1.54, 1.807) is 0 Å². The van der Waals surface area contributed by atoms with Crippen LogP contribution in [0.1, 0.15) is 18.4 Å². The molecule has 1 aromatic carbocycles. The van der Waals surface area contributed by atoms with Gasteiger partial charge in [-0.25, -0.2) is 0 Å². The van der Waals surface area contributed by atoms with Crippen molar-refractivity contribution >= 4 is 10.9 Å². The highest BCUT2D eigenvalue weighted by Crippen LogP contribution is 2.22. The van der Waals surface area contributed by atoms with Crippen molar-refractivity contribution in [3.8, 4) is 0 Å². The number of benzene rings is 1. The molecule has 2 N–H and O–H groups in total. The Kier molecular flexibility index (Phi) is 3.99. The Bertz CT molecular complexity index is 497. The van der Waals surface area contributed by atoms with Gasteiger partial charge in [0.15, 0.2) is 0 Å². The van der Waals surface area contributed by atoms with Crippen molar-refractivity contribution in [3.63, 3.8) is 0 Å². The van der Waals surface area contributed by atoms with E-state index in [1.165, 1.54) is 16.5 Å². The van der Waals surface area contributed by atoms with Crippen LogP contribution in [0.4, 0.5) is 0 Å². The third-order valence-corrected chi connectivity index (χ3v) is 3.10. The van der Waals surface area contributed by atoms with Crippen LogP contribution in [-0.2, 0) is 13.0 Å². The summed E-state index contributed by atoms with van der Waals surface area (Å²) in [4.78, 5) is 0. The molecule has 0 saturated carbocycles. The fourth-order valence-corrected chi connectivity index (χ4v) is 2.23. The van der Waals surface area contributed by atoms with E-state index in [1.807, 2.05) is 6.08 Å². The van der Waals surface area contributed by atoms with Crippen LogP contribution >= 0.6 is 0 Å². The van der Waals surface area contributed by atoms with Crippen LogP contribution in [0, 0.1) is 0 Å². The first-order valence-corrected chi connectivity index (χ1v) is 6.24. The average molecular weight is 228 g/mol. The Balaban J connectivity index is 2.35. The van der Waals surface area contributed by atoms with Gasteiger partial charge in [-0.2, -0.15) is 0 Å². The summed E-state index contributed by atoms with van der Waals surface area (Å²) in [5, 5.41) is 1.37. The van der Waals surface area contributed by atoms with Crippen LogP contribution < -0.4 is 5.73 Å². The number of hydrogen-bond donors (Lipinski definition) is 1. The molecule has 0 amide bonds. The van der Waals surface area contributed by atoms with E-state index < -0.39 is 0 Å². The molecule has 0 atom stereocenters. The molecular weight excluding hydrogens is 208 g/mol. The molecule has 0 spiro atoms. The summed E-state index contributed by atoms with van der Waals surface area (Å²) >= 11 is 0. The molecule has 90 valence electrons. The van der Waals surface area contributed by atoms with Crippen LogP contribution in [0.2, 0.25) is 0 Å². The minimum Gasteiger partial charge on any atom is -0.347 e. The Morgan fingerprint density at radius 3 is 2.88 bits per heavy atom. The molecule has 0 fully saturated rings. The third kappa shape index (κ3) is 2.59. The number of nitrogens with two attached hydrogens (primary N) is 1. The molecule has 1 aromatic heterocycles. The van der Waals surface area contributed by atoms with Gasteiger partial charge >= 0.3 is 0 Å². The molecule has 0 aliphatic rings. The molecule has 17 heavy (non-hydrogen) atoms. The Morgan fingerprint density at radius 1 is 1.29 bits per heavy atom. The maximum absolute atomic E-state index is 5.59. The van der Waals surface area contributed by atoms with Gasteiger partial charge in [0.1, 0.15) is 0 Å². The van der Waals surface area contributed by atoms with Crippen molar-refractivity contribution in [1.29, 1.82) is 0 Å². The first-order valence-electron chi connectivity index (χ1n) is 6.24. The second kappa shape index (κ2) is 5.69. The topological polar surface area (TPSA) is 30.9 Å². The maximum atomic E-state index is 5.59. The molecule has 2 aromatic rings. The van der Waals surface area contributed by atoms with Crippen LogP contribution in [0.3, 0.4) is 0 Å². The van der Waals surface area contributed by atoms with Gasteiger partial charge in [-0.3, -0.25) is 0 Å². The average Bonchev–Trinajstić information content (AvgIpc) is 2.72. The van der Waals surface area contributed by atoms with Crippen molar-refractivity contribution in [3.05, 3.63) is 48.7 Å². The van der Waals surface area contributed by atoms with Crippen LogP contribution in [0.5, 0.6) is 0 Å². The zero-order valence-corrected chi connectivity index (χ0v) is 10.2. The monoisotopic (exact) mass is 228 g/mol. The smallest absolute Gasteiger partial charge is 0.0483 e. The zero-order valence-electron chi connectivity index (χ0n) is 10.2. The SMILES string of the molecule is C=CCCn1cc(CCCN)c2ccccc21. The van der Waals surface area contributed by atoms with E-state index in [9.17, 15) is 0 Å². The van der Waals surface area contributed by atoms with E-state index in [2.05, 4.69) is 41.6 Å². The number of rotatable bonds is 6. The number of para-hydroxylation sites is 1. The number of allylic oxidation sites excluding steroid dienone is 1. The summed E-state index contributed by atoms with van der Waals surface area (Å²) in [6.07, 6.45) is 7.36. The predicted molar refractivity (Wildman–Crippen MR) is 74.1 cm³/mol.